The molecule has 1 heterocycles. The zero-order valence-electron chi connectivity index (χ0n) is 20.7. The molecule has 1 fully saturated rings. The average molecular weight is 476 g/mol. The van der Waals surface area contributed by atoms with Crippen molar-refractivity contribution in [1.82, 2.24) is 15.5 Å². The van der Waals surface area contributed by atoms with Crippen LogP contribution in [0.4, 0.5) is 25.8 Å². The Balaban J connectivity index is 1.78. The van der Waals surface area contributed by atoms with Crippen molar-refractivity contribution >= 4 is 23.0 Å². The largest absolute Gasteiger partial charge is 0.496 e. The fraction of sp³-hybridized carbons (Fsp3) is 0.273. The van der Waals surface area contributed by atoms with E-state index >= 15 is 0 Å². The molecule has 1 aliphatic rings. The molecule has 34 heavy (non-hydrogen) atoms. The lowest BCUT2D eigenvalue weighted by atomic mass is 10.0. The van der Waals surface area contributed by atoms with Gasteiger partial charge < -0.3 is 20.1 Å². The number of halogens is 2. The minimum Gasteiger partial charge on any atom is -0.496 e. The number of amides is 1. The van der Waals surface area contributed by atoms with Crippen LogP contribution in [0.15, 0.2) is 36.5 Å². The number of alkyl halides is 2. The SMILES string of the molecule is [2H]C([2H])([2H])Oc1cc(Nc2ccc(-c3c[nH]nc3C)cc2[N+](=O)[O-])cc(OC(F)F)c1C(=O)NC1CC1. The van der Waals surface area contributed by atoms with Crippen LogP contribution >= 0.6 is 0 Å². The third-order valence-corrected chi connectivity index (χ3v) is 5.15. The molecule has 0 spiro atoms. The van der Waals surface area contributed by atoms with Gasteiger partial charge in [0.15, 0.2) is 0 Å². The molecular weight excluding hydrogens is 452 g/mol. The summed E-state index contributed by atoms with van der Waals surface area (Å²) in [7, 11) is -3.04. The van der Waals surface area contributed by atoms with E-state index in [1.54, 1.807) is 19.2 Å². The Morgan fingerprint density at radius 3 is 2.71 bits per heavy atom. The molecule has 1 aromatic heterocycles. The Bertz CT molecular complexity index is 1340. The average Bonchev–Trinajstić information content (AvgIpc) is 3.49. The number of benzene rings is 2. The molecule has 1 amide bonds. The lowest BCUT2D eigenvalue weighted by Crippen LogP contribution is -2.26. The first-order valence-electron chi connectivity index (χ1n) is 11.6. The zero-order valence-corrected chi connectivity index (χ0v) is 17.7. The van der Waals surface area contributed by atoms with Crippen LogP contribution in [0.1, 0.15) is 33.0 Å². The maximum Gasteiger partial charge on any atom is 0.387 e. The van der Waals surface area contributed by atoms with Gasteiger partial charge in [0.1, 0.15) is 22.7 Å². The molecule has 0 saturated heterocycles. The molecule has 1 aliphatic carbocycles. The first-order chi connectivity index (χ1) is 17.4. The quantitative estimate of drug-likeness (QED) is 0.305. The molecule has 178 valence electrons. The van der Waals surface area contributed by atoms with Crippen LogP contribution in [0, 0.1) is 17.0 Å². The highest BCUT2D eigenvalue weighted by Gasteiger charge is 2.29. The molecule has 0 unspecified atom stereocenters. The van der Waals surface area contributed by atoms with E-state index in [1.165, 1.54) is 12.1 Å². The van der Waals surface area contributed by atoms with E-state index < -0.39 is 41.5 Å². The first kappa shape index (κ1) is 19.3. The number of nitrogens with one attached hydrogen (secondary N) is 3. The number of hydrogen-bond acceptors (Lipinski definition) is 7. The summed E-state index contributed by atoms with van der Waals surface area (Å²) in [4.78, 5) is 23.9. The van der Waals surface area contributed by atoms with Crippen LogP contribution in [0.3, 0.4) is 0 Å². The summed E-state index contributed by atoms with van der Waals surface area (Å²) in [5, 5.41) is 23.8. The molecule has 3 N–H and O–H groups in total. The van der Waals surface area contributed by atoms with E-state index in [0.717, 1.165) is 12.1 Å². The number of carbonyl (C=O) groups excluding carboxylic acids is 1. The standard InChI is InChI=1S/C22H21F2N5O5/c1-11-15(10-25-28-11)12-3-6-16(17(7-12)29(31)32)26-14-8-18(33-2)20(19(9-14)34-22(23)24)21(30)27-13-4-5-13/h3,6-10,13,22,26H,4-5H2,1-2H3,(H,25,28)(H,27,30)/i2D3. The van der Waals surface area contributed by atoms with Crippen molar-refractivity contribution in [3.8, 4) is 22.6 Å². The van der Waals surface area contributed by atoms with E-state index in [-0.39, 0.29) is 23.1 Å². The van der Waals surface area contributed by atoms with Crippen molar-refractivity contribution in [3.05, 3.63) is 57.9 Å². The second kappa shape index (κ2) is 9.33. The maximum atomic E-state index is 13.2. The van der Waals surface area contributed by atoms with Gasteiger partial charge in [-0.15, -0.1) is 0 Å². The molecule has 2 aromatic carbocycles. The van der Waals surface area contributed by atoms with E-state index in [2.05, 4.69) is 25.6 Å². The molecule has 0 bridgehead atoms. The normalized spacial score (nSPS) is 14.6. The van der Waals surface area contributed by atoms with Gasteiger partial charge in [-0.2, -0.15) is 13.9 Å². The fourth-order valence-electron chi connectivity index (χ4n) is 3.40. The molecule has 0 aliphatic heterocycles. The number of nitro groups is 1. The number of rotatable bonds is 9. The van der Waals surface area contributed by atoms with Crippen LogP contribution < -0.4 is 20.1 Å². The Morgan fingerprint density at radius 1 is 1.32 bits per heavy atom. The number of H-pyrrole nitrogens is 1. The number of carbonyl (C=O) groups is 1. The molecule has 4 rings (SSSR count). The summed E-state index contributed by atoms with van der Waals surface area (Å²) in [5.41, 5.74) is 0.749. The number of aromatic nitrogens is 2. The molecule has 0 radical (unpaired) electrons. The molecule has 1 saturated carbocycles. The van der Waals surface area contributed by atoms with Gasteiger partial charge in [0.05, 0.1) is 21.8 Å². The van der Waals surface area contributed by atoms with Gasteiger partial charge in [0.2, 0.25) is 0 Å². The smallest absolute Gasteiger partial charge is 0.387 e. The zero-order chi connectivity index (χ0) is 26.9. The number of methoxy groups -OCH3 is 1. The number of nitrogens with zero attached hydrogens (tertiary/aromatic N) is 2. The lowest BCUT2D eigenvalue weighted by molar-refractivity contribution is -0.383. The fourth-order valence-corrected chi connectivity index (χ4v) is 3.40. The number of hydrogen-bond donors (Lipinski definition) is 3. The Kier molecular flexibility index (Phi) is 5.29. The molecule has 12 heteroatoms. The molecular formula is C22H21F2N5O5. The third kappa shape index (κ3) is 4.90. The third-order valence-electron chi connectivity index (χ3n) is 5.15. The second-order valence-corrected chi connectivity index (χ2v) is 7.57. The summed E-state index contributed by atoms with van der Waals surface area (Å²) < 4.78 is 58.2. The topological polar surface area (TPSA) is 131 Å². The highest BCUT2D eigenvalue weighted by molar-refractivity contribution is 6.01. The summed E-state index contributed by atoms with van der Waals surface area (Å²) in [6.45, 7) is -1.63. The van der Waals surface area contributed by atoms with Crippen molar-refractivity contribution in [2.24, 2.45) is 0 Å². The molecule has 3 aromatic rings. The van der Waals surface area contributed by atoms with Crippen molar-refractivity contribution in [2.75, 3.05) is 12.4 Å². The van der Waals surface area contributed by atoms with E-state index in [4.69, 9.17) is 8.85 Å². The predicted octanol–water partition coefficient (Wildman–Crippen LogP) is 4.54. The van der Waals surface area contributed by atoms with Crippen LogP contribution in [0.2, 0.25) is 0 Å². The highest BCUT2D eigenvalue weighted by atomic mass is 19.3. The van der Waals surface area contributed by atoms with Crippen molar-refractivity contribution in [1.29, 1.82) is 0 Å². The number of ether oxygens (including phenoxy) is 2. The summed E-state index contributed by atoms with van der Waals surface area (Å²) in [5.74, 6) is -2.08. The monoisotopic (exact) mass is 476 g/mol. The molecule has 0 atom stereocenters. The highest BCUT2D eigenvalue weighted by Crippen LogP contribution is 2.38. The lowest BCUT2D eigenvalue weighted by Gasteiger charge is -2.17. The number of anilines is 2. The van der Waals surface area contributed by atoms with Gasteiger partial charge >= 0.3 is 6.61 Å². The summed E-state index contributed by atoms with van der Waals surface area (Å²) in [6.07, 6.45) is 2.95. The Labute approximate surface area is 196 Å². The summed E-state index contributed by atoms with van der Waals surface area (Å²) >= 11 is 0. The number of aromatic amines is 1. The van der Waals surface area contributed by atoms with E-state index in [0.29, 0.717) is 29.7 Å². The minimum atomic E-state index is -3.35. The Morgan fingerprint density at radius 2 is 2.09 bits per heavy atom. The van der Waals surface area contributed by atoms with Gasteiger partial charge in [-0.1, -0.05) is 6.07 Å². The van der Waals surface area contributed by atoms with E-state index in [1.807, 2.05) is 0 Å². The van der Waals surface area contributed by atoms with Gasteiger partial charge in [-0.3, -0.25) is 20.0 Å². The number of nitro benzene ring substituents is 1. The van der Waals surface area contributed by atoms with Crippen LogP contribution in [-0.2, 0) is 0 Å². The first-order valence-corrected chi connectivity index (χ1v) is 10.1. The maximum absolute atomic E-state index is 13.2. The van der Waals surface area contributed by atoms with Gasteiger partial charge in [0, 0.05) is 41.7 Å². The molecule has 10 nitrogen and oxygen atoms in total. The van der Waals surface area contributed by atoms with Gasteiger partial charge in [-0.25, -0.2) is 0 Å². The van der Waals surface area contributed by atoms with Crippen molar-refractivity contribution < 1.29 is 32.1 Å². The van der Waals surface area contributed by atoms with Gasteiger partial charge in [-0.05, 0) is 31.4 Å². The summed E-state index contributed by atoms with van der Waals surface area (Å²) in [6, 6.07) is 6.19. The number of aryl methyl sites for hydroxylation is 1. The minimum absolute atomic E-state index is 0.0343. The Hall–Kier alpha value is -4.22. The van der Waals surface area contributed by atoms with Crippen LogP contribution in [0.5, 0.6) is 11.5 Å². The van der Waals surface area contributed by atoms with Crippen LogP contribution in [0.25, 0.3) is 11.1 Å². The van der Waals surface area contributed by atoms with Crippen LogP contribution in [-0.4, -0.2) is 40.7 Å². The van der Waals surface area contributed by atoms with Gasteiger partial charge in [0.25, 0.3) is 11.6 Å². The predicted molar refractivity (Wildman–Crippen MR) is 119 cm³/mol. The van der Waals surface area contributed by atoms with E-state index in [9.17, 15) is 23.7 Å². The van der Waals surface area contributed by atoms with Crippen molar-refractivity contribution in [2.45, 2.75) is 32.4 Å². The second-order valence-electron chi connectivity index (χ2n) is 7.57. The van der Waals surface area contributed by atoms with Crippen molar-refractivity contribution in [3.63, 3.8) is 0 Å².